The number of unbranched alkanes of at least 4 members (excludes halogenated alkanes) is 1. The van der Waals surface area contributed by atoms with Crippen molar-refractivity contribution in [2.45, 2.75) is 32.2 Å². The molecule has 0 spiro atoms. The summed E-state index contributed by atoms with van der Waals surface area (Å²) >= 11 is 0. The van der Waals surface area contributed by atoms with Crippen LogP contribution in [0.4, 0.5) is 0 Å². The van der Waals surface area contributed by atoms with Crippen LogP contribution in [0.2, 0.25) is 0 Å². The molecule has 1 N–H and O–H groups in total. The van der Waals surface area contributed by atoms with E-state index in [1.165, 1.54) is 13.3 Å². The number of nitrogens with zero attached hydrogens (tertiary/aromatic N) is 1. The molecule has 98 valence electrons. The minimum absolute atomic E-state index is 0.294. The molecule has 5 nitrogen and oxygen atoms in total. The molecular formula is C13H18N2O3. The molecule has 18 heavy (non-hydrogen) atoms. The fraction of sp³-hybridized carbons (Fsp3) is 0.462. The van der Waals surface area contributed by atoms with E-state index in [0.29, 0.717) is 12.1 Å². The van der Waals surface area contributed by atoms with Crippen molar-refractivity contribution in [1.82, 2.24) is 10.3 Å². The fourth-order valence-electron chi connectivity index (χ4n) is 1.53. The lowest BCUT2D eigenvalue weighted by atomic mass is 10.1. The van der Waals surface area contributed by atoms with Crippen LogP contribution in [-0.2, 0) is 9.53 Å². The van der Waals surface area contributed by atoms with Crippen LogP contribution in [0.5, 0.6) is 0 Å². The van der Waals surface area contributed by atoms with E-state index in [4.69, 9.17) is 0 Å². The summed E-state index contributed by atoms with van der Waals surface area (Å²) in [5.74, 6) is -0.783. The molecule has 0 unspecified atom stereocenters. The average Bonchev–Trinajstić information content (AvgIpc) is 2.43. The number of amides is 1. The lowest BCUT2D eigenvalue weighted by molar-refractivity contribution is -0.143. The topological polar surface area (TPSA) is 68.3 Å². The van der Waals surface area contributed by atoms with Crippen molar-refractivity contribution in [2.75, 3.05) is 7.11 Å². The molecule has 0 aliphatic heterocycles. The van der Waals surface area contributed by atoms with Crippen molar-refractivity contribution < 1.29 is 14.3 Å². The number of ether oxygens (including phenoxy) is 1. The van der Waals surface area contributed by atoms with E-state index in [0.717, 1.165) is 12.8 Å². The highest BCUT2D eigenvalue weighted by Crippen LogP contribution is 2.04. The van der Waals surface area contributed by atoms with Gasteiger partial charge in [0.2, 0.25) is 0 Å². The quantitative estimate of drug-likeness (QED) is 0.778. The van der Waals surface area contributed by atoms with Gasteiger partial charge in [-0.15, -0.1) is 0 Å². The molecule has 0 radical (unpaired) electrons. The fourth-order valence-corrected chi connectivity index (χ4v) is 1.53. The normalized spacial score (nSPS) is 11.7. The molecule has 0 aliphatic rings. The summed E-state index contributed by atoms with van der Waals surface area (Å²) in [5.41, 5.74) is 0.294. The zero-order valence-electron chi connectivity index (χ0n) is 10.7. The van der Waals surface area contributed by atoms with Gasteiger partial charge in [-0.3, -0.25) is 9.78 Å². The molecule has 1 atom stereocenters. The molecule has 1 aromatic heterocycles. The van der Waals surface area contributed by atoms with Crippen molar-refractivity contribution in [3.8, 4) is 0 Å². The standard InChI is InChI=1S/C13H18N2O3/c1-3-4-7-11(13(17)18-2)15-12(16)10-8-5-6-9-14-10/h5-6,8-9,11H,3-4,7H2,1-2H3,(H,15,16)/t11-/m0/s1. The Bertz CT molecular complexity index is 392. The number of hydrogen-bond acceptors (Lipinski definition) is 4. The van der Waals surface area contributed by atoms with Crippen LogP contribution in [0.3, 0.4) is 0 Å². The predicted octanol–water partition coefficient (Wildman–Crippen LogP) is 1.54. The van der Waals surface area contributed by atoms with E-state index in [1.807, 2.05) is 6.92 Å². The zero-order valence-corrected chi connectivity index (χ0v) is 10.7. The Morgan fingerprint density at radius 2 is 2.22 bits per heavy atom. The highest BCUT2D eigenvalue weighted by atomic mass is 16.5. The lowest BCUT2D eigenvalue weighted by Crippen LogP contribution is -2.41. The van der Waals surface area contributed by atoms with E-state index >= 15 is 0 Å². The second-order valence-corrected chi connectivity index (χ2v) is 3.91. The maximum atomic E-state index is 11.9. The summed E-state index contributed by atoms with van der Waals surface area (Å²) in [4.78, 5) is 27.3. The Hall–Kier alpha value is -1.91. The Balaban J connectivity index is 2.65. The summed E-state index contributed by atoms with van der Waals surface area (Å²) in [6.07, 6.45) is 3.91. The minimum atomic E-state index is -0.607. The van der Waals surface area contributed by atoms with Crippen molar-refractivity contribution in [3.05, 3.63) is 30.1 Å². The lowest BCUT2D eigenvalue weighted by Gasteiger charge is -2.15. The first kappa shape index (κ1) is 14.2. The second-order valence-electron chi connectivity index (χ2n) is 3.91. The molecular weight excluding hydrogens is 232 g/mol. The van der Waals surface area contributed by atoms with Crippen LogP contribution in [0, 0.1) is 0 Å². The van der Waals surface area contributed by atoms with Crippen molar-refractivity contribution in [2.24, 2.45) is 0 Å². The number of esters is 1. The first-order chi connectivity index (χ1) is 8.69. The van der Waals surface area contributed by atoms with Gasteiger partial charge in [-0.25, -0.2) is 4.79 Å². The number of aromatic nitrogens is 1. The van der Waals surface area contributed by atoms with Crippen LogP contribution >= 0.6 is 0 Å². The van der Waals surface area contributed by atoms with Crippen molar-refractivity contribution >= 4 is 11.9 Å². The Morgan fingerprint density at radius 3 is 2.78 bits per heavy atom. The smallest absolute Gasteiger partial charge is 0.328 e. The van der Waals surface area contributed by atoms with Crippen LogP contribution in [0.1, 0.15) is 36.7 Å². The summed E-state index contributed by atoms with van der Waals surface area (Å²) in [7, 11) is 1.31. The van der Waals surface area contributed by atoms with E-state index in [9.17, 15) is 9.59 Å². The van der Waals surface area contributed by atoms with Gasteiger partial charge in [0.05, 0.1) is 7.11 Å². The van der Waals surface area contributed by atoms with Gasteiger partial charge in [-0.05, 0) is 18.6 Å². The van der Waals surface area contributed by atoms with Gasteiger partial charge >= 0.3 is 5.97 Å². The molecule has 0 aliphatic carbocycles. The highest BCUT2D eigenvalue weighted by Gasteiger charge is 2.21. The molecule has 1 aromatic rings. The molecule has 0 saturated carbocycles. The number of nitrogens with one attached hydrogen (secondary N) is 1. The number of carbonyl (C=O) groups is 2. The molecule has 1 rings (SSSR count). The van der Waals surface area contributed by atoms with E-state index < -0.39 is 12.0 Å². The second kappa shape index (κ2) is 7.42. The molecule has 1 heterocycles. The van der Waals surface area contributed by atoms with Gasteiger partial charge in [0.1, 0.15) is 11.7 Å². The molecule has 0 saturated heterocycles. The minimum Gasteiger partial charge on any atom is -0.467 e. The maximum Gasteiger partial charge on any atom is 0.328 e. The van der Waals surface area contributed by atoms with Crippen molar-refractivity contribution in [3.63, 3.8) is 0 Å². The number of hydrogen-bond donors (Lipinski definition) is 1. The molecule has 5 heteroatoms. The zero-order chi connectivity index (χ0) is 13.4. The molecule has 1 amide bonds. The third-order valence-electron chi connectivity index (χ3n) is 2.53. The average molecular weight is 250 g/mol. The summed E-state index contributed by atoms with van der Waals surface area (Å²) < 4.78 is 4.67. The van der Waals surface area contributed by atoms with Gasteiger partial charge in [0.25, 0.3) is 5.91 Å². The van der Waals surface area contributed by atoms with Gasteiger partial charge in [0.15, 0.2) is 0 Å². The van der Waals surface area contributed by atoms with Gasteiger partial charge in [-0.2, -0.15) is 0 Å². The number of carbonyl (C=O) groups excluding carboxylic acids is 2. The number of methoxy groups -OCH3 is 1. The third-order valence-corrected chi connectivity index (χ3v) is 2.53. The van der Waals surface area contributed by atoms with Crippen LogP contribution in [0.15, 0.2) is 24.4 Å². The summed E-state index contributed by atoms with van der Waals surface area (Å²) in [6, 6.07) is 4.44. The van der Waals surface area contributed by atoms with E-state index in [2.05, 4.69) is 15.0 Å². The molecule has 0 fully saturated rings. The highest BCUT2D eigenvalue weighted by molar-refractivity contribution is 5.95. The Kier molecular flexibility index (Phi) is 5.84. The van der Waals surface area contributed by atoms with Crippen LogP contribution < -0.4 is 5.32 Å². The van der Waals surface area contributed by atoms with Crippen molar-refractivity contribution in [1.29, 1.82) is 0 Å². The maximum absolute atomic E-state index is 11.9. The van der Waals surface area contributed by atoms with Gasteiger partial charge in [-0.1, -0.05) is 25.8 Å². The monoisotopic (exact) mass is 250 g/mol. The number of rotatable bonds is 6. The number of pyridine rings is 1. The molecule has 0 bridgehead atoms. The Morgan fingerprint density at radius 1 is 1.44 bits per heavy atom. The summed E-state index contributed by atoms with van der Waals surface area (Å²) in [6.45, 7) is 2.02. The largest absolute Gasteiger partial charge is 0.467 e. The van der Waals surface area contributed by atoms with E-state index in [-0.39, 0.29) is 5.91 Å². The Labute approximate surface area is 107 Å². The van der Waals surface area contributed by atoms with Crippen LogP contribution in [-0.4, -0.2) is 30.0 Å². The SMILES string of the molecule is CCCC[C@H](NC(=O)c1ccccn1)C(=O)OC. The van der Waals surface area contributed by atoms with Gasteiger partial charge in [0, 0.05) is 6.20 Å². The molecule has 0 aromatic carbocycles. The summed E-state index contributed by atoms with van der Waals surface area (Å²) in [5, 5.41) is 2.64. The third kappa shape index (κ3) is 4.16. The van der Waals surface area contributed by atoms with E-state index in [1.54, 1.807) is 18.2 Å². The predicted molar refractivity (Wildman–Crippen MR) is 67.0 cm³/mol. The van der Waals surface area contributed by atoms with Gasteiger partial charge < -0.3 is 10.1 Å². The first-order valence-electron chi connectivity index (χ1n) is 5.98. The van der Waals surface area contributed by atoms with Crippen LogP contribution in [0.25, 0.3) is 0 Å². The first-order valence-corrected chi connectivity index (χ1v) is 5.98.